The molecule has 88 valence electrons. The first-order chi connectivity index (χ1) is 7.75. The van der Waals surface area contributed by atoms with Crippen LogP contribution in [0.15, 0.2) is 16.7 Å². The van der Waals surface area contributed by atoms with Crippen molar-refractivity contribution in [3.8, 4) is 0 Å². The number of anilines is 1. The van der Waals surface area contributed by atoms with Gasteiger partial charge in [-0.2, -0.15) is 23.5 Å². The van der Waals surface area contributed by atoms with Gasteiger partial charge >= 0.3 is 0 Å². The minimum Gasteiger partial charge on any atom is -0.368 e. The number of hydrogen-bond acceptors (Lipinski definition) is 4. The van der Waals surface area contributed by atoms with Gasteiger partial charge in [0.2, 0.25) is 0 Å². The summed E-state index contributed by atoms with van der Waals surface area (Å²) in [6.07, 6.45) is 1.90. The molecule has 0 bridgehead atoms. The van der Waals surface area contributed by atoms with E-state index in [-0.39, 0.29) is 0 Å². The molecule has 1 saturated heterocycles. The van der Waals surface area contributed by atoms with Crippen molar-refractivity contribution in [2.75, 3.05) is 29.1 Å². The summed E-state index contributed by atoms with van der Waals surface area (Å²) in [6.45, 7) is 3.06. The van der Waals surface area contributed by atoms with Crippen molar-refractivity contribution in [1.82, 2.24) is 4.98 Å². The van der Waals surface area contributed by atoms with Crippen LogP contribution in [0.1, 0.15) is 5.56 Å². The molecule has 2 nitrogen and oxygen atoms in total. The highest BCUT2D eigenvalue weighted by Gasteiger charge is 2.14. The topological polar surface area (TPSA) is 24.9 Å². The van der Waals surface area contributed by atoms with Gasteiger partial charge in [-0.3, -0.25) is 0 Å². The van der Waals surface area contributed by atoms with Gasteiger partial charge in [0.15, 0.2) is 0 Å². The van der Waals surface area contributed by atoms with Gasteiger partial charge in [0.25, 0.3) is 0 Å². The Hall–Kier alpha value is 0.130. The van der Waals surface area contributed by atoms with Crippen molar-refractivity contribution in [2.24, 2.45) is 0 Å². The normalized spacial score (nSPS) is 20.8. The van der Waals surface area contributed by atoms with Gasteiger partial charge < -0.3 is 5.32 Å². The summed E-state index contributed by atoms with van der Waals surface area (Å²) in [5.41, 5.74) is 1.18. The first kappa shape index (κ1) is 12.6. The van der Waals surface area contributed by atoms with E-state index < -0.39 is 0 Å². The van der Waals surface area contributed by atoms with Gasteiger partial charge in [0, 0.05) is 35.3 Å². The van der Waals surface area contributed by atoms with Crippen LogP contribution < -0.4 is 5.32 Å². The molecule has 0 saturated carbocycles. The monoisotopic (exact) mass is 318 g/mol. The zero-order valence-electron chi connectivity index (χ0n) is 9.20. The van der Waals surface area contributed by atoms with Crippen LogP contribution in [-0.4, -0.2) is 34.0 Å². The van der Waals surface area contributed by atoms with Crippen LogP contribution in [0, 0.1) is 6.92 Å². The Kier molecular flexibility index (Phi) is 4.85. The van der Waals surface area contributed by atoms with Gasteiger partial charge in [0.05, 0.1) is 4.47 Å². The lowest BCUT2D eigenvalue weighted by molar-refractivity contribution is 0.990. The van der Waals surface area contributed by atoms with E-state index in [1.165, 1.54) is 22.8 Å². The van der Waals surface area contributed by atoms with Crippen molar-refractivity contribution in [3.63, 3.8) is 0 Å². The molecule has 16 heavy (non-hydrogen) atoms. The molecule has 2 heterocycles. The minimum atomic E-state index is 0.716. The number of rotatable bonds is 3. The van der Waals surface area contributed by atoms with E-state index >= 15 is 0 Å². The SMILES string of the molecule is Cc1cnc(NCC2CSCCS2)c(Br)c1. The first-order valence-corrected chi connectivity index (χ1v) is 8.31. The molecular formula is C11H15BrN2S2. The van der Waals surface area contributed by atoms with Gasteiger partial charge in [0.1, 0.15) is 5.82 Å². The lowest BCUT2D eigenvalue weighted by Gasteiger charge is -2.21. The second kappa shape index (κ2) is 6.17. The first-order valence-electron chi connectivity index (χ1n) is 5.31. The van der Waals surface area contributed by atoms with E-state index in [1.807, 2.05) is 6.20 Å². The fourth-order valence-corrected chi connectivity index (χ4v) is 4.74. The largest absolute Gasteiger partial charge is 0.368 e. The van der Waals surface area contributed by atoms with Crippen molar-refractivity contribution in [3.05, 3.63) is 22.3 Å². The van der Waals surface area contributed by atoms with Gasteiger partial charge in [-0.05, 0) is 34.5 Å². The van der Waals surface area contributed by atoms with Crippen LogP contribution in [0.3, 0.4) is 0 Å². The second-order valence-corrected chi connectivity index (χ2v) is 7.20. The average molecular weight is 319 g/mol. The molecule has 1 atom stereocenters. The quantitative estimate of drug-likeness (QED) is 0.923. The zero-order chi connectivity index (χ0) is 11.4. The average Bonchev–Trinajstić information content (AvgIpc) is 2.29. The lowest BCUT2D eigenvalue weighted by atomic mass is 10.3. The molecule has 5 heteroatoms. The molecule has 1 aromatic heterocycles. The van der Waals surface area contributed by atoms with E-state index in [9.17, 15) is 0 Å². The standard InChI is InChI=1S/C11H15BrN2S2/c1-8-4-10(12)11(13-5-8)14-6-9-7-15-2-3-16-9/h4-5,9H,2-3,6-7H2,1H3,(H,13,14). The maximum Gasteiger partial charge on any atom is 0.140 e. The fraction of sp³-hybridized carbons (Fsp3) is 0.545. The number of aromatic nitrogens is 1. The number of hydrogen-bond donors (Lipinski definition) is 1. The third-order valence-electron chi connectivity index (χ3n) is 2.36. The molecule has 0 aliphatic carbocycles. The third kappa shape index (κ3) is 3.57. The van der Waals surface area contributed by atoms with E-state index in [0.717, 1.165) is 16.8 Å². The zero-order valence-corrected chi connectivity index (χ0v) is 12.4. The number of pyridine rings is 1. The van der Waals surface area contributed by atoms with Gasteiger partial charge in [-0.15, -0.1) is 0 Å². The van der Waals surface area contributed by atoms with Crippen LogP contribution in [-0.2, 0) is 0 Å². The third-order valence-corrected chi connectivity index (χ3v) is 5.81. The van der Waals surface area contributed by atoms with Gasteiger partial charge in [-0.1, -0.05) is 0 Å². The Morgan fingerprint density at radius 2 is 2.44 bits per heavy atom. The summed E-state index contributed by atoms with van der Waals surface area (Å²) < 4.78 is 1.06. The molecule has 0 aromatic carbocycles. The number of halogens is 1. The molecule has 2 rings (SSSR count). The van der Waals surface area contributed by atoms with Crippen molar-refractivity contribution in [1.29, 1.82) is 0 Å². The summed E-state index contributed by atoms with van der Waals surface area (Å²) in [7, 11) is 0. The highest BCUT2D eigenvalue weighted by Crippen LogP contribution is 2.25. The Bertz CT molecular complexity index is 354. The van der Waals surface area contributed by atoms with E-state index in [4.69, 9.17) is 0 Å². The van der Waals surface area contributed by atoms with Crippen LogP contribution in [0.2, 0.25) is 0 Å². The Balaban J connectivity index is 1.88. The lowest BCUT2D eigenvalue weighted by Crippen LogP contribution is -2.23. The molecule has 1 N–H and O–H groups in total. The predicted octanol–water partition coefficient (Wildman–Crippen LogP) is 3.41. The summed E-state index contributed by atoms with van der Waals surface area (Å²) in [6, 6.07) is 2.10. The van der Waals surface area contributed by atoms with Crippen molar-refractivity contribution < 1.29 is 0 Å². The Morgan fingerprint density at radius 3 is 3.12 bits per heavy atom. The number of nitrogens with one attached hydrogen (secondary N) is 1. The predicted molar refractivity (Wildman–Crippen MR) is 78.7 cm³/mol. The maximum atomic E-state index is 4.39. The molecular weight excluding hydrogens is 304 g/mol. The molecule has 1 aliphatic rings. The van der Waals surface area contributed by atoms with E-state index in [1.54, 1.807) is 0 Å². The summed E-state index contributed by atoms with van der Waals surface area (Å²) in [4.78, 5) is 4.39. The van der Waals surface area contributed by atoms with Crippen LogP contribution in [0.25, 0.3) is 0 Å². The number of thioether (sulfide) groups is 2. The van der Waals surface area contributed by atoms with Crippen molar-refractivity contribution >= 4 is 45.3 Å². The van der Waals surface area contributed by atoms with Crippen LogP contribution >= 0.6 is 39.5 Å². The van der Waals surface area contributed by atoms with E-state index in [0.29, 0.717) is 5.25 Å². The van der Waals surface area contributed by atoms with Crippen LogP contribution in [0.4, 0.5) is 5.82 Å². The molecule has 0 radical (unpaired) electrons. The fourth-order valence-electron chi connectivity index (χ4n) is 1.53. The molecule has 1 aliphatic heterocycles. The molecule has 1 fully saturated rings. The Labute approximate surface area is 113 Å². The summed E-state index contributed by atoms with van der Waals surface area (Å²) >= 11 is 7.65. The number of nitrogens with zero attached hydrogens (tertiary/aromatic N) is 1. The molecule has 0 amide bonds. The summed E-state index contributed by atoms with van der Waals surface area (Å²) in [5.74, 6) is 4.79. The molecule has 0 spiro atoms. The summed E-state index contributed by atoms with van der Waals surface area (Å²) in [5, 5.41) is 4.13. The van der Waals surface area contributed by atoms with Crippen LogP contribution in [0.5, 0.6) is 0 Å². The van der Waals surface area contributed by atoms with Gasteiger partial charge in [-0.25, -0.2) is 4.98 Å². The highest BCUT2D eigenvalue weighted by molar-refractivity contribution is 9.10. The number of aryl methyl sites for hydroxylation is 1. The highest BCUT2D eigenvalue weighted by atomic mass is 79.9. The maximum absolute atomic E-state index is 4.39. The minimum absolute atomic E-state index is 0.716. The smallest absolute Gasteiger partial charge is 0.140 e. The van der Waals surface area contributed by atoms with E-state index in [2.05, 4.69) is 62.7 Å². The van der Waals surface area contributed by atoms with Crippen molar-refractivity contribution in [2.45, 2.75) is 12.2 Å². The second-order valence-electron chi connectivity index (χ2n) is 3.79. The molecule has 1 unspecified atom stereocenters. The molecule has 1 aromatic rings. The Morgan fingerprint density at radius 1 is 1.56 bits per heavy atom.